The van der Waals surface area contributed by atoms with Crippen LogP contribution < -0.4 is 4.90 Å². The molecule has 0 aliphatic carbocycles. The molecule has 176 valence electrons. The zero-order valence-electron chi connectivity index (χ0n) is 18.9. The molecule has 0 saturated carbocycles. The molecule has 1 unspecified atom stereocenters. The number of ether oxygens (including phenoxy) is 2. The maximum absolute atomic E-state index is 13.1. The van der Waals surface area contributed by atoms with Crippen molar-refractivity contribution in [3.8, 4) is 0 Å². The lowest BCUT2D eigenvalue weighted by Gasteiger charge is -2.25. The highest BCUT2D eigenvalue weighted by Crippen LogP contribution is 2.29. The number of thiazole rings is 1. The number of anilines is 1. The van der Waals surface area contributed by atoms with Gasteiger partial charge in [-0.25, -0.2) is 9.78 Å². The number of nitrogens with zero attached hydrogens (tertiary/aromatic N) is 4. The first-order chi connectivity index (χ1) is 16.0. The minimum atomic E-state index is -0.512. The minimum Gasteiger partial charge on any atom is -0.465 e. The summed E-state index contributed by atoms with van der Waals surface area (Å²) in [6.07, 6.45) is 0.109. The van der Waals surface area contributed by atoms with Crippen LogP contribution in [0.2, 0.25) is 0 Å². The number of morpholine rings is 1. The lowest BCUT2D eigenvalue weighted by molar-refractivity contribution is -0.135. The Morgan fingerprint density at radius 2 is 2.03 bits per heavy atom. The third-order valence-corrected chi connectivity index (χ3v) is 6.79. The van der Waals surface area contributed by atoms with E-state index in [0.717, 1.165) is 43.5 Å². The monoisotopic (exact) mass is 472 g/mol. The van der Waals surface area contributed by atoms with E-state index >= 15 is 0 Å². The molecule has 0 N–H and O–H groups in total. The van der Waals surface area contributed by atoms with Crippen LogP contribution in [0, 0.1) is 5.92 Å². The molecule has 1 aromatic heterocycles. The Morgan fingerprint density at radius 3 is 2.79 bits per heavy atom. The van der Waals surface area contributed by atoms with Crippen molar-refractivity contribution in [3.05, 3.63) is 45.9 Å². The van der Waals surface area contributed by atoms with Crippen molar-refractivity contribution in [2.45, 2.75) is 19.5 Å². The van der Waals surface area contributed by atoms with E-state index in [9.17, 15) is 14.4 Å². The largest absolute Gasteiger partial charge is 0.465 e. The smallest absolute Gasteiger partial charge is 0.339 e. The molecule has 2 amide bonds. The summed E-state index contributed by atoms with van der Waals surface area (Å²) in [4.78, 5) is 48.0. The van der Waals surface area contributed by atoms with Crippen molar-refractivity contribution in [2.75, 3.05) is 51.9 Å². The molecule has 10 heteroatoms. The van der Waals surface area contributed by atoms with Crippen molar-refractivity contribution in [3.63, 3.8) is 0 Å². The number of rotatable bonds is 7. The summed E-state index contributed by atoms with van der Waals surface area (Å²) in [5, 5.41) is 3.01. The van der Waals surface area contributed by atoms with E-state index in [-0.39, 0.29) is 24.8 Å². The Morgan fingerprint density at radius 1 is 1.27 bits per heavy atom. The molecule has 4 rings (SSSR count). The van der Waals surface area contributed by atoms with E-state index < -0.39 is 11.9 Å². The SMILES string of the molecule is COC(=O)c1ccccc1N1CC(C(=O)N(C)Cc2csc(CN3CCOCC3)n2)CC1=O. The van der Waals surface area contributed by atoms with Gasteiger partial charge in [0.05, 0.1) is 56.3 Å². The summed E-state index contributed by atoms with van der Waals surface area (Å²) in [5.41, 5.74) is 1.63. The average molecular weight is 473 g/mol. The van der Waals surface area contributed by atoms with Gasteiger partial charge in [0.25, 0.3) is 0 Å². The van der Waals surface area contributed by atoms with Gasteiger partial charge < -0.3 is 19.3 Å². The van der Waals surface area contributed by atoms with Crippen LogP contribution in [0.1, 0.15) is 27.5 Å². The number of carbonyl (C=O) groups is 3. The number of carbonyl (C=O) groups excluding carboxylic acids is 3. The van der Waals surface area contributed by atoms with E-state index in [0.29, 0.717) is 17.8 Å². The van der Waals surface area contributed by atoms with E-state index in [2.05, 4.69) is 9.88 Å². The van der Waals surface area contributed by atoms with Crippen LogP contribution in [-0.4, -0.2) is 79.6 Å². The number of benzene rings is 1. The topological polar surface area (TPSA) is 92.3 Å². The Kier molecular flexibility index (Phi) is 7.36. The van der Waals surface area contributed by atoms with Gasteiger partial charge in [-0.2, -0.15) is 0 Å². The number of esters is 1. The Bertz CT molecular complexity index is 1020. The van der Waals surface area contributed by atoms with Crippen molar-refractivity contribution in [2.24, 2.45) is 5.92 Å². The molecule has 33 heavy (non-hydrogen) atoms. The Balaban J connectivity index is 1.37. The summed E-state index contributed by atoms with van der Waals surface area (Å²) in [6.45, 7) is 4.71. The Labute approximate surface area is 196 Å². The third kappa shape index (κ3) is 5.40. The number of hydrogen-bond acceptors (Lipinski definition) is 8. The molecule has 0 radical (unpaired) electrons. The first kappa shape index (κ1) is 23.3. The highest BCUT2D eigenvalue weighted by Gasteiger charge is 2.38. The van der Waals surface area contributed by atoms with Gasteiger partial charge in [-0.1, -0.05) is 12.1 Å². The van der Waals surface area contributed by atoms with Gasteiger partial charge in [0, 0.05) is 38.5 Å². The van der Waals surface area contributed by atoms with Gasteiger partial charge in [-0.05, 0) is 12.1 Å². The summed E-state index contributed by atoms with van der Waals surface area (Å²) < 4.78 is 10.2. The van der Waals surface area contributed by atoms with Crippen molar-refractivity contribution >= 4 is 34.8 Å². The normalized spacial score (nSPS) is 19.0. The molecular weight excluding hydrogens is 444 g/mol. The molecule has 0 spiro atoms. The van der Waals surface area contributed by atoms with E-state index in [1.807, 2.05) is 5.38 Å². The molecule has 1 atom stereocenters. The van der Waals surface area contributed by atoms with Gasteiger partial charge in [0.1, 0.15) is 5.01 Å². The number of amides is 2. The molecule has 2 aliphatic rings. The summed E-state index contributed by atoms with van der Waals surface area (Å²) in [5.74, 6) is -1.27. The van der Waals surface area contributed by atoms with Crippen LogP contribution in [0.5, 0.6) is 0 Å². The minimum absolute atomic E-state index is 0.107. The fourth-order valence-electron chi connectivity index (χ4n) is 4.17. The molecule has 2 aromatic rings. The fourth-order valence-corrected chi connectivity index (χ4v) is 5.00. The number of hydrogen-bond donors (Lipinski definition) is 0. The molecular formula is C23H28N4O5S. The maximum atomic E-state index is 13.1. The summed E-state index contributed by atoms with van der Waals surface area (Å²) >= 11 is 1.60. The predicted octanol–water partition coefficient (Wildman–Crippen LogP) is 1.77. The van der Waals surface area contributed by atoms with Crippen LogP contribution in [0.25, 0.3) is 0 Å². The lowest BCUT2D eigenvalue weighted by atomic mass is 10.1. The molecule has 0 bridgehead atoms. The number of aromatic nitrogens is 1. The quantitative estimate of drug-likeness (QED) is 0.567. The van der Waals surface area contributed by atoms with Gasteiger partial charge in [-0.15, -0.1) is 11.3 Å². The Hall–Kier alpha value is -2.82. The zero-order chi connectivity index (χ0) is 23.4. The van der Waals surface area contributed by atoms with Crippen LogP contribution >= 0.6 is 11.3 Å². The number of para-hydroxylation sites is 1. The fraction of sp³-hybridized carbons (Fsp3) is 0.478. The highest BCUT2D eigenvalue weighted by atomic mass is 32.1. The van der Waals surface area contributed by atoms with Crippen molar-refractivity contribution in [1.82, 2.24) is 14.8 Å². The average Bonchev–Trinajstić information content (AvgIpc) is 3.44. The second-order valence-corrected chi connectivity index (χ2v) is 9.17. The molecule has 9 nitrogen and oxygen atoms in total. The lowest BCUT2D eigenvalue weighted by Crippen LogP contribution is -2.35. The van der Waals surface area contributed by atoms with E-state index in [1.165, 1.54) is 12.0 Å². The van der Waals surface area contributed by atoms with Gasteiger partial charge in [0.15, 0.2) is 0 Å². The predicted molar refractivity (Wildman–Crippen MR) is 123 cm³/mol. The van der Waals surface area contributed by atoms with Crippen LogP contribution in [0.3, 0.4) is 0 Å². The maximum Gasteiger partial charge on any atom is 0.339 e. The molecule has 2 fully saturated rings. The summed E-state index contributed by atoms with van der Waals surface area (Å²) in [6, 6.07) is 6.79. The highest BCUT2D eigenvalue weighted by molar-refractivity contribution is 7.09. The van der Waals surface area contributed by atoms with Crippen molar-refractivity contribution in [1.29, 1.82) is 0 Å². The number of methoxy groups -OCH3 is 1. The van der Waals surface area contributed by atoms with Crippen molar-refractivity contribution < 1.29 is 23.9 Å². The zero-order valence-corrected chi connectivity index (χ0v) is 19.7. The van der Waals surface area contributed by atoms with Crippen LogP contribution in [0.4, 0.5) is 5.69 Å². The second-order valence-electron chi connectivity index (χ2n) is 8.23. The molecule has 3 heterocycles. The van der Waals surface area contributed by atoms with Crippen LogP contribution in [0.15, 0.2) is 29.6 Å². The van der Waals surface area contributed by atoms with Gasteiger partial charge >= 0.3 is 5.97 Å². The molecule has 2 saturated heterocycles. The molecule has 2 aliphatic heterocycles. The summed E-state index contributed by atoms with van der Waals surface area (Å²) in [7, 11) is 3.04. The van der Waals surface area contributed by atoms with Gasteiger partial charge in [0.2, 0.25) is 11.8 Å². The van der Waals surface area contributed by atoms with E-state index in [1.54, 1.807) is 47.5 Å². The standard InChI is InChI=1S/C23H28N4O5S/c1-25(13-17-15-33-20(24-17)14-26-7-9-32-10-8-26)22(29)16-11-21(28)27(12-16)19-6-4-3-5-18(19)23(30)31-2/h3-6,15-16H,7-14H2,1-2H3. The first-order valence-corrected chi connectivity index (χ1v) is 11.8. The van der Waals surface area contributed by atoms with Crippen LogP contribution in [-0.2, 0) is 32.2 Å². The van der Waals surface area contributed by atoms with E-state index in [4.69, 9.17) is 9.47 Å². The third-order valence-electron chi connectivity index (χ3n) is 5.91. The molecule has 1 aromatic carbocycles. The van der Waals surface area contributed by atoms with Gasteiger partial charge in [-0.3, -0.25) is 14.5 Å². The first-order valence-electron chi connectivity index (χ1n) is 10.9. The second kappa shape index (κ2) is 10.4.